The minimum absolute atomic E-state index is 0.0344. The maximum absolute atomic E-state index is 12.8. The van der Waals surface area contributed by atoms with E-state index in [0.29, 0.717) is 23.9 Å². The van der Waals surface area contributed by atoms with Gasteiger partial charge in [0.25, 0.3) is 7.82 Å². The number of ether oxygens (including phenoxy) is 2. The second-order valence-electron chi connectivity index (χ2n) is 23.1. The van der Waals surface area contributed by atoms with Crippen LogP contribution in [0.5, 0.6) is 0 Å². The van der Waals surface area contributed by atoms with Crippen molar-refractivity contribution in [2.24, 2.45) is 0 Å². The van der Waals surface area contributed by atoms with E-state index in [0.717, 1.165) is 96.3 Å². The minimum atomic E-state index is -4.64. The highest BCUT2D eigenvalue weighted by Crippen LogP contribution is 2.38. The van der Waals surface area contributed by atoms with E-state index in [2.05, 4.69) is 111 Å². The van der Waals surface area contributed by atoms with E-state index in [1.165, 1.54) is 148 Å². The van der Waals surface area contributed by atoms with Crippen molar-refractivity contribution in [3.63, 3.8) is 0 Å². The van der Waals surface area contributed by atoms with Gasteiger partial charge in [-0.1, -0.05) is 272 Å². The van der Waals surface area contributed by atoms with E-state index in [4.69, 9.17) is 18.5 Å². The molecule has 80 heavy (non-hydrogen) atoms. The molecule has 0 spiro atoms. The Morgan fingerprint density at radius 2 is 0.713 bits per heavy atom. The molecule has 0 radical (unpaired) electrons. The maximum Gasteiger partial charge on any atom is 0.306 e. The van der Waals surface area contributed by atoms with Crippen molar-refractivity contribution in [2.75, 3.05) is 47.5 Å². The van der Waals surface area contributed by atoms with E-state index in [1.54, 1.807) is 0 Å². The topological polar surface area (TPSA) is 111 Å². The second kappa shape index (κ2) is 60.5. The summed E-state index contributed by atoms with van der Waals surface area (Å²) in [6.45, 7) is 4.10. The molecular formula is C70H124NO8P. The van der Waals surface area contributed by atoms with Gasteiger partial charge in [-0.25, -0.2) is 0 Å². The van der Waals surface area contributed by atoms with Crippen LogP contribution < -0.4 is 4.89 Å². The lowest BCUT2D eigenvalue weighted by molar-refractivity contribution is -0.870. The van der Waals surface area contributed by atoms with Crippen LogP contribution in [0.1, 0.15) is 284 Å². The average Bonchev–Trinajstić information content (AvgIpc) is 3.42. The van der Waals surface area contributed by atoms with Gasteiger partial charge < -0.3 is 27.9 Å². The van der Waals surface area contributed by atoms with E-state index in [-0.39, 0.29) is 26.1 Å². The quantitative estimate of drug-likeness (QED) is 0.0195. The Labute approximate surface area is 493 Å². The smallest absolute Gasteiger partial charge is 0.306 e. The summed E-state index contributed by atoms with van der Waals surface area (Å²) in [7, 11) is 1.16. The Balaban J connectivity index is 3.93. The molecule has 2 atom stereocenters. The first-order valence-electron chi connectivity index (χ1n) is 32.9. The summed E-state index contributed by atoms with van der Waals surface area (Å²) in [5.41, 5.74) is 0. The van der Waals surface area contributed by atoms with Gasteiger partial charge in [0, 0.05) is 12.8 Å². The van der Waals surface area contributed by atoms with Crippen LogP contribution in [0.2, 0.25) is 0 Å². The Bertz CT molecular complexity index is 1670. The number of nitrogens with zero attached hydrogens (tertiary/aromatic N) is 1. The zero-order chi connectivity index (χ0) is 58.4. The Hall–Kier alpha value is -3.07. The van der Waals surface area contributed by atoms with Gasteiger partial charge in [0.2, 0.25) is 0 Å². The molecule has 0 aliphatic rings. The van der Waals surface area contributed by atoms with Gasteiger partial charge >= 0.3 is 11.9 Å². The minimum Gasteiger partial charge on any atom is -0.756 e. The average molecular weight is 1140 g/mol. The molecule has 0 heterocycles. The summed E-state index contributed by atoms with van der Waals surface area (Å²) in [6.07, 6.45) is 83.5. The van der Waals surface area contributed by atoms with Gasteiger partial charge in [-0.3, -0.25) is 14.2 Å². The number of likely N-dealkylation sites (N-methyl/N-ethyl adjacent to an activating group) is 1. The first-order valence-corrected chi connectivity index (χ1v) is 34.4. The number of phosphoric ester groups is 1. The fourth-order valence-electron chi connectivity index (χ4n) is 9.04. The highest BCUT2D eigenvalue weighted by atomic mass is 31.2. The molecule has 462 valence electrons. The van der Waals surface area contributed by atoms with Crippen molar-refractivity contribution < 1.29 is 42.1 Å². The van der Waals surface area contributed by atoms with E-state index >= 15 is 0 Å². The third-order valence-corrected chi connectivity index (χ3v) is 15.1. The number of esters is 2. The number of carbonyl (C=O) groups is 2. The van der Waals surface area contributed by atoms with E-state index < -0.39 is 32.5 Å². The van der Waals surface area contributed by atoms with Gasteiger partial charge in [0.05, 0.1) is 27.7 Å². The predicted molar refractivity (Wildman–Crippen MR) is 342 cm³/mol. The summed E-state index contributed by atoms with van der Waals surface area (Å²) in [6, 6.07) is 0. The number of rotatable bonds is 60. The number of hydrogen-bond donors (Lipinski definition) is 0. The summed E-state index contributed by atoms with van der Waals surface area (Å²) >= 11 is 0. The summed E-state index contributed by atoms with van der Waals surface area (Å²) in [5, 5.41) is 0. The molecule has 9 nitrogen and oxygen atoms in total. The molecule has 0 saturated carbocycles. The van der Waals surface area contributed by atoms with Crippen molar-refractivity contribution in [3.8, 4) is 0 Å². The number of allylic oxidation sites excluding steroid dienone is 16. The third kappa shape index (κ3) is 64.1. The molecule has 2 unspecified atom stereocenters. The lowest BCUT2D eigenvalue weighted by Crippen LogP contribution is -2.37. The number of quaternary nitrogens is 1. The fraction of sp³-hybridized carbons (Fsp3) is 0.743. The van der Waals surface area contributed by atoms with Gasteiger partial charge in [0.1, 0.15) is 19.8 Å². The zero-order valence-corrected chi connectivity index (χ0v) is 53.4. The Morgan fingerprint density at radius 1 is 0.400 bits per heavy atom. The molecular weight excluding hydrogens is 1010 g/mol. The number of carbonyl (C=O) groups excluding carboxylic acids is 2. The number of phosphoric acid groups is 1. The molecule has 0 amide bonds. The first-order chi connectivity index (χ1) is 39.0. The molecule has 0 fully saturated rings. The predicted octanol–water partition coefficient (Wildman–Crippen LogP) is 20.5. The molecule has 0 aromatic rings. The van der Waals surface area contributed by atoms with Crippen LogP contribution in [0.4, 0.5) is 0 Å². The molecule has 0 saturated heterocycles. The van der Waals surface area contributed by atoms with E-state index in [9.17, 15) is 19.0 Å². The SMILES string of the molecule is CC/C=C\C/C=C\C/C=C\C/C=C\C/C=C\C/C=C\CCCCCCCCCCCCCCCCCCCCCCCCC(=O)OC(COC(=O)CCCCCCC/C=C\C/C=C\CCCCC)COP(=O)([O-])OCC[N+](C)(C)C. The van der Waals surface area contributed by atoms with Crippen LogP contribution in [0.3, 0.4) is 0 Å². The highest BCUT2D eigenvalue weighted by Gasteiger charge is 2.22. The Kier molecular flexibility index (Phi) is 58.2. The van der Waals surface area contributed by atoms with Crippen LogP contribution in [0.25, 0.3) is 0 Å². The van der Waals surface area contributed by atoms with Crippen LogP contribution >= 0.6 is 7.82 Å². The lowest BCUT2D eigenvalue weighted by Gasteiger charge is -2.28. The van der Waals surface area contributed by atoms with Crippen molar-refractivity contribution in [1.82, 2.24) is 0 Å². The van der Waals surface area contributed by atoms with Gasteiger partial charge in [0.15, 0.2) is 6.10 Å². The summed E-state index contributed by atoms with van der Waals surface area (Å²) < 4.78 is 34.2. The van der Waals surface area contributed by atoms with Crippen LogP contribution in [-0.4, -0.2) is 70.0 Å². The van der Waals surface area contributed by atoms with E-state index in [1.807, 2.05) is 21.1 Å². The molecule has 0 bridgehead atoms. The monoisotopic (exact) mass is 1140 g/mol. The molecule has 10 heteroatoms. The van der Waals surface area contributed by atoms with Gasteiger partial charge in [-0.15, -0.1) is 0 Å². The van der Waals surface area contributed by atoms with Gasteiger partial charge in [-0.05, 0) is 96.3 Å². The van der Waals surface area contributed by atoms with Crippen molar-refractivity contribution in [3.05, 3.63) is 97.2 Å². The van der Waals surface area contributed by atoms with Crippen LogP contribution in [-0.2, 0) is 32.7 Å². The highest BCUT2D eigenvalue weighted by molar-refractivity contribution is 7.45. The molecule has 0 rings (SSSR count). The lowest BCUT2D eigenvalue weighted by atomic mass is 10.0. The zero-order valence-electron chi connectivity index (χ0n) is 52.5. The van der Waals surface area contributed by atoms with Crippen molar-refractivity contribution >= 4 is 19.8 Å². The fourth-order valence-corrected chi connectivity index (χ4v) is 9.77. The first kappa shape index (κ1) is 76.9. The largest absolute Gasteiger partial charge is 0.756 e. The number of hydrogen-bond acceptors (Lipinski definition) is 8. The van der Waals surface area contributed by atoms with Crippen molar-refractivity contribution in [1.29, 1.82) is 0 Å². The number of unbranched alkanes of at least 4 members (excludes halogenated alkanes) is 30. The summed E-state index contributed by atoms with van der Waals surface area (Å²) in [4.78, 5) is 37.9. The molecule has 0 N–H and O–H groups in total. The van der Waals surface area contributed by atoms with Crippen LogP contribution in [0.15, 0.2) is 97.2 Å². The molecule has 0 aromatic heterocycles. The second-order valence-corrected chi connectivity index (χ2v) is 24.5. The molecule has 0 aliphatic heterocycles. The van der Waals surface area contributed by atoms with Crippen molar-refractivity contribution in [2.45, 2.75) is 290 Å². The normalized spacial score (nSPS) is 13.8. The summed E-state index contributed by atoms with van der Waals surface area (Å²) in [5.74, 6) is -0.843. The van der Waals surface area contributed by atoms with Crippen LogP contribution in [0, 0.1) is 0 Å². The third-order valence-electron chi connectivity index (χ3n) is 14.1. The standard InChI is InChI=1S/C70H124NO8P/c1-6-8-10-12-14-16-18-20-22-23-24-25-26-27-28-29-30-31-32-33-34-35-36-37-38-39-40-41-42-43-44-45-46-47-49-51-53-55-57-59-61-63-70(73)79-68(67-78-80(74,75)77-65-64-71(3,4)5)66-76-69(72)62-60-58-56-54-52-50-48-21-19-17-15-13-11-9-7-2/h8,10,14-17,20-22,24-25,27-28,30-31,48,68H,6-7,9,11-13,18-19,23,26,29,32-47,49-67H2,1-5H3/b10-8-,16-14-,17-15-,22-20-,25-24-,28-27-,31-30-,48-21-. The maximum atomic E-state index is 12.8. The Morgan fingerprint density at radius 3 is 1.06 bits per heavy atom. The molecule has 0 aromatic carbocycles. The van der Waals surface area contributed by atoms with Gasteiger partial charge in [-0.2, -0.15) is 0 Å². The molecule has 0 aliphatic carbocycles.